The van der Waals surface area contributed by atoms with Crippen LogP contribution in [0, 0.1) is 5.92 Å². The first kappa shape index (κ1) is 16.8. The van der Waals surface area contributed by atoms with Gasteiger partial charge in [-0.05, 0) is 36.4 Å². The van der Waals surface area contributed by atoms with Crippen molar-refractivity contribution in [3.63, 3.8) is 0 Å². The highest BCUT2D eigenvalue weighted by atomic mass is 32.1. The van der Waals surface area contributed by atoms with Crippen LogP contribution in [-0.2, 0) is 10.9 Å². The van der Waals surface area contributed by atoms with Gasteiger partial charge < -0.3 is 9.84 Å². The molecule has 0 radical (unpaired) electrons. The van der Waals surface area contributed by atoms with Crippen molar-refractivity contribution in [2.24, 2.45) is 5.92 Å². The molecule has 110 valence electrons. The maximum atomic E-state index is 12.7. The Bertz CT molecular complexity index is 530. The zero-order valence-electron chi connectivity index (χ0n) is 10.7. The molecule has 1 heterocycles. The molecule has 0 aliphatic rings. The Kier molecular flexibility index (Phi) is 5.41. The van der Waals surface area contributed by atoms with Crippen LogP contribution in [-0.4, -0.2) is 26.8 Å². The van der Waals surface area contributed by atoms with E-state index in [1.54, 1.807) is 0 Å². The minimum atomic E-state index is -4.71. The summed E-state index contributed by atoms with van der Waals surface area (Å²) in [6.07, 6.45) is -3.76. The number of thiocarbonyl (C=S) groups is 2. The lowest BCUT2D eigenvalue weighted by atomic mass is 10.1. The van der Waals surface area contributed by atoms with Gasteiger partial charge in [0.2, 0.25) is 0 Å². The quantitative estimate of drug-likeness (QED) is 0.856. The minimum Gasteiger partial charge on any atom is -0.498 e. The van der Waals surface area contributed by atoms with Gasteiger partial charge >= 0.3 is 6.18 Å². The molecule has 0 spiro atoms. The molecule has 0 bridgehead atoms. The second kappa shape index (κ2) is 6.45. The van der Waals surface area contributed by atoms with Gasteiger partial charge in [-0.2, -0.15) is 13.2 Å². The maximum Gasteiger partial charge on any atom is 0.434 e. The molecule has 0 aliphatic carbocycles. The monoisotopic (exact) mass is 323 g/mol. The molecule has 3 nitrogen and oxygen atoms in total. The smallest absolute Gasteiger partial charge is 0.434 e. The minimum absolute atomic E-state index is 0.0115. The van der Waals surface area contributed by atoms with Crippen molar-refractivity contribution in [2.75, 3.05) is 6.61 Å². The topological polar surface area (TPSA) is 42.4 Å². The number of hydrogen-bond acceptors (Lipinski definition) is 4. The van der Waals surface area contributed by atoms with Crippen LogP contribution in [0.3, 0.4) is 0 Å². The molecule has 1 N–H and O–H groups in total. The summed E-state index contributed by atoms with van der Waals surface area (Å²) in [5.41, 5.74) is -1.67. The van der Waals surface area contributed by atoms with Gasteiger partial charge in [0.25, 0.3) is 0 Å². The molecule has 0 atom stereocenters. The fourth-order valence-corrected chi connectivity index (χ4v) is 1.63. The van der Waals surface area contributed by atoms with Crippen LogP contribution in [0.4, 0.5) is 13.2 Å². The predicted octanol–water partition coefficient (Wildman–Crippen LogP) is 3.68. The van der Waals surface area contributed by atoms with Crippen molar-refractivity contribution in [3.8, 4) is 0 Å². The third kappa shape index (κ3) is 4.38. The average Bonchev–Trinajstić information content (AvgIpc) is 2.33. The van der Waals surface area contributed by atoms with E-state index in [4.69, 9.17) is 17.0 Å². The highest BCUT2D eigenvalue weighted by Gasteiger charge is 2.36. The van der Waals surface area contributed by atoms with E-state index in [9.17, 15) is 18.3 Å². The Labute approximate surface area is 124 Å². The lowest BCUT2D eigenvalue weighted by Crippen LogP contribution is -2.17. The Morgan fingerprint density at radius 3 is 2.45 bits per heavy atom. The zero-order valence-corrected chi connectivity index (χ0v) is 12.3. The molecule has 1 aromatic heterocycles. The molecule has 1 aromatic rings. The van der Waals surface area contributed by atoms with Crippen LogP contribution in [0.1, 0.15) is 30.7 Å². The number of alkyl halides is 3. The van der Waals surface area contributed by atoms with E-state index in [-0.39, 0.29) is 16.5 Å². The van der Waals surface area contributed by atoms with Crippen LogP contribution in [0.5, 0.6) is 0 Å². The molecule has 0 saturated carbocycles. The number of hydrogen-bond donors (Lipinski definition) is 1. The van der Waals surface area contributed by atoms with Crippen molar-refractivity contribution >= 4 is 34.5 Å². The van der Waals surface area contributed by atoms with Gasteiger partial charge in [0, 0.05) is 11.8 Å². The number of aliphatic hydroxyl groups is 1. The van der Waals surface area contributed by atoms with Gasteiger partial charge in [-0.1, -0.05) is 13.8 Å². The lowest BCUT2D eigenvalue weighted by Gasteiger charge is -2.13. The van der Waals surface area contributed by atoms with Gasteiger partial charge in [-0.25, -0.2) is 0 Å². The van der Waals surface area contributed by atoms with Crippen molar-refractivity contribution in [3.05, 3.63) is 29.1 Å². The molecule has 0 amide bonds. The second-order valence-electron chi connectivity index (χ2n) is 4.42. The van der Waals surface area contributed by atoms with Crippen molar-refractivity contribution < 1.29 is 23.0 Å². The zero-order chi connectivity index (χ0) is 15.5. The van der Waals surface area contributed by atoms with E-state index < -0.39 is 22.5 Å². The number of rotatable bonds is 4. The van der Waals surface area contributed by atoms with Crippen LogP contribution < -0.4 is 0 Å². The summed E-state index contributed by atoms with van der Waals surface area (Å²) in [6.45, 7) is 4.14. The predicted molar refractivity (Wildman–Crippen MR) is 76.1 cm³/mol. The van der Waals surface area contributed by atoms with Gasteiger partial charge in [0.1, 0.15) is 0 Å². The van der Waals surface area contributed by atoms with E-state index in [1.165, 1.54) is 0 Å². The van der Waals surface area contributed by atoms with Gasteiger partial charge in [0.05, 0.1) is 12.2 Å². The lowest BCUT2D eigenvalue weighted by molar-refractivity contribution is -0.141. The van der Waals surface area contributed by atoms with Crippen molar-refractivity contribution in [1.29, 1.82) is 0 Å². The Hall–Kier alpha value is -1.28. The van der Waals surface area contributed by atoms with E-state index in [0.29, 0.717) is 6.61 Å². The summed E-state index contributed by atoms with van der Waals surface area (Å²) in [7, 11) is 0. The van der Waals surface area contributed by atoms with Gasteiger partial charge in [0.15, 0.2) is 15.8 Å². The second-order valence-corrected chi connectivity index (χ2v) is 5.17. The summed E-state index contributed by atoms with van der Waals surface area (Å²) in [6, 6.07) is 1.03. The first-order valence-electron chi connectivity index (χ1n) is 5.60. The van der Waals surface area contributed by atoms with E-state index in [2.05, 4.69) is 17.2 Å². The van der Waals surface area contributed by atoms with E-state index in [1.807, 2.05) is 13.8 Å². The van der Waals surface area contributed by atoms with E-state index in [0.717, 1.165) is 12.3 Å². The summed E-state index contributed by atoms with van der Waals surface area (Å²) in [5.74, 6) is 0.216. The summed E-state index contributed by atoms with van der Waals surface area (Å²) in [5, 5.41) is 8.32. The van der Waals surface area contributed by atoms with E-state index >= 15 is 0 Å². The number of nitrogens with zero attached hydrogens (tertiary/aromatic N) is 1. The largest absolute Gasteiger partial charge is 0.498 e. The molecular weight excluding hydrogens is 311 g/mol. The maximum absolute atomic E-state index is 12.7. The molecular formula is C12H12F3NO2S2. The highest BCUT2D eigenvalue weighted by Crippen LogP contribution is 2.31. The normalized spacial score (nSPS) is 11.5. The highest BCUT2D eigenvalue weighted by molar-refractivity contribution is 7.80. The summed E-state index contributed by atoms with van der Waals surface area (Å²) < 4.78 is 43.3. The first-order valence-corrected chi connectivity index (χ1v) is 6.42. The molecule has 1 rings (SSSR count). The van der Waals surface area contributed by atoms with Crippen LogP contribution in [0.15, 0.2) is 12.3 Å². The molecule has 20 heavy (non-hydrogen) atoms. The third-order valence-electron chi connectivity index (χ3n) is 2.17. The molecule has 0 unspecified atom stereocenters. The first-order chi connectivity index (χ1) is 9.12. The molecule has 8 heteroatoms. The SMILES string of the molecule is CC(C)COC(=S)c1cnc(C(F)(F)F)c(C(O)=S)c1. The standard InChI is InChI=1S/C12H12F3NO2S2/c1-6(2)5-18-11(20)7-3-8(10(17)19)9(16-4-7)12(13,14)15/h3-4,6H,5H2,1-2H3,(H,17,19). The van der Waals surface area contributed by atoms with Gasteiger partial charge in [-0.15, -0.1) is 0 Å². The average molecular weight is 323 g/mol. The number of aromatic nitrogens is 1. The fourth-order valence-electron chi connectivity index (χ4n) is 1.29. The molecule has 0 aliphatic heterocycles. The summed E-state index contributed by atoms with van der Waals surface area (Å²) in [4.78, 5) is 3.28. The molecule has 0 saturated heterocycles. The van der Waals surface area contributed by atoms with Crippen molar-refractivity contribution in [1.82, 2.24) is 4.98 Å². The van der Waals surface area contributed by atoms with Gasteiger partial charge in [-0.3, -0.25) is 4.98 Å². The summed E-state index contributed by atoms with van der Waals surface area (Å²) >= 11 is 9.36. The van der Waals surface area contributed by atoms with Crippen LogP contribution in [0.2, 0.25) is 0 Å². The third-order valence-corrected chi connectivity index (χ3v) is 2.74. The fraction of sp³-hybridized carbons (Fsp3) is 0.417. The number of halogens is 3. The number of aliphatic hydroxyl groups excluding tert-OH is 1. The Balaban J connectivity index is 3.11. The Morgan fingerprint density at radius 1 is 1.40 bits per heavy atom. The van der Waals surface area contributed by atoms with Crippen molar-refractivity contribution in [2.45, 2.75) is 20.0 Å². The Morgan fingerprint density at radius 2 is 2.00 bits per heavy atom. The number of pyridine rings is 1. The van der Waals surface area contributed by atoms with Crippen LogP contribution in [0.25, 0.3) is 0 Å². The number of ether oxygens (including phenoxy) is 1. The molecule has 0 aromatic carbocycles. The molecule has 0 fully saturated rings. The van der Waals surface area contributed by atoms with Crippen LogP contribution >= 0.6 is 24.4 Å².